The van der Waals surface area contributed by atoms with Crippen LogP contribution >= 0.6 is 0 Å². The second-order valence-electron chi connectivity index (χ2n) is 6.23. The second kappa shape index (κ2) is 8.43. The standard InChI is InChI=1S/C24H23F/c1-2-3-8-20-9-4-6-11-23(20)24-12-7-5-10-21(24)16-13-19-14-17-22(25)18-15-19/h4-7,9-18H,2-3,8H2,1H3/b16-13+. The minimum atomic E-state index is -0.206. The lowest BCUT2D eigenvalue weighted by Crippen LogP contribution is -1.92. The van der Waals surface area contributed by atoms with Gasteiger partial charge in [0.15, 0.2) is 0 Å². The van der Waals surface area contributed by atoms with Crippen molar-refractivity contribution < 1.29 is 4.39 Å². The highest BCUT2D eigenvalue weighted by Crippen LogP contribution is 2.29. The fourth-order valence-corrected chi connectivity index (χ4v) is 3.02. The van der Waals surface area contributed by atoms with Crippen LogP contribution in [0.5, 0.6) is 0 Å². The van der Waals surface area contributed by atoms with E-state index in [1.807, 2.05) is 6.08 Å². The van der Waals surface area contributed by atoms with Crippen molar-refractivity contribution in [2.75, 3.05) is 0 Å². The molecule has 25 heavy (non-hydrogen) atoms. The summed E-state index contributed by atoms with van der Waals surface area (Å²) in [5.41, 5.74) is 6.11. The summed E-state index contributed by atoms with van der Waals surface area (Å²) in [6.07, 6.45) is 7.64. The number of hydrogen-bond acceptors (Lipinski definition) is 0. The Balaban J connectivity index is 1.95. The highest BCUT2D eigenvalue weighted by molar-refractivity contribution is 5.82. The van der Waals surface area contributed by atoms with Crippen molar-refractivity contribution in [1.29, 1.82) is 0 Å². The second-order valence-corrected chi connectivity index (χ2v) is 6.23. The van der Waals surface area contributed by atoms with Crippen molar-refractivity contribution in [3.63, 3.8) is 0 Å². The highest BCUT2D eigenvalue weighted by atomic mass is 19.1. The van der Waals surface area contributed by atoms with Gasteiger partial charge >= 0.3 is 0 Å². The van der Waals surface area contributed by atoms with Gasteiger partial charge in [0, 0.05) is 0 Å². The molecule has 0 saturated carbocycles. The SMILES string of the molecule is CCCCc1ccccc1-c1ccccc1/C=C/c1ccc(F)cc1. The number of halogens is 1. The van der Waals surface area contributed by atoms with Crippen LogP contribution in [0, 0.1) is 5.82 Å². The van der Waals surface area contributed by atoms with Crippen LogP contribution in [-0.4, -0.2) is 0 Å². The van der Waals surface area contributed by atoms with Gasteiger partial charge in [-0.05, 0) is 52.8 Å². The van der Waals surface area contributed by atoms with Crippen molar-refractivity contribution in [1.82, 2.24) is 0 Å². The van der Waals surface area contributed by atoms with Crippen LogP contribution in [0.2, 0.25) is 0 Å². The molecule has 1 heteroatoms. The van der Waals surface area contributed by atoms with Crippen LogP contribution < -0.4 is 0 Å². The van der Waals surface area contributed by atoms with Gasteiger partial charge in [0.05, 0.1) is 0 Å². The van der Waals surface area contributed by atoms with E-state index in [2.05, 4.69) is 61.5 Å². The van der Waals surface area contributed by atoms with Gasteiger partial charge < -0.3 is 0 Å². The summed E-state index contributed by atoms with van der Waals surface area (Å²) in [4.78, 5) is 0. The van der Waals surface area contributed by atoms with Crippen molar-refractivity contribution in [2.45, 2.75) is 26.2 Å². The van der Waals surface area contributed by atoms with Gasteiger partial charge in [-0.15, -0.1) is 0 Å². The Morgan fingerprint density at radius 2 is 1.44 bits per heavy atom. The summed E-state index contributed by atoms with van der Waals surface area (Å²) in [5.74, 6) is -0.206. The number of benzene rings is 3. The first-order chi connectivity index (χ1) is 12.3. The van der Waals surface area contributed by atoms with Crippen molar-refractivity contribution >= 4 is 12.2 Å². The predicted molar refractivity (Wildman–Crippen MR) is 106 cm³/mol. The summed E-state index contributed by atoms with van der Waals surface area (Å²) in [6, 6.07) is 23.7. The van der Waals surface area contributed by atoms with Gasteiger partial charge in [-0.3, -0.25) is 0 Å². The lowest BCUT2D eigenvalue weighted by molar-refractivity contribution is 0.628. The summed E-state index contributed by atoms with van der Waals surface area (Å²) >= 11 is 0. The van der Waals surface area contributed by atoms with E-state index in [0.717, 1.165) is 12.0 Å². The quantitative estimate of drug-likeness (QED) is 0.427. The lowest BCUT2D eigenvalue weighted by atomic mass is 9.92. The van der Waals surface area contributed by atoms with Crippen LogP contribution in [0.25, 0.3) is 23.3 Å². The third kappa shape index (κ3) is 4.45. The third-order valence-corrected chi connectivity index (χ3v) is 4.39. The molecule has 0 amide bonds. The topological polar surface area (TPSA) is 0 Å². The molecule has 0 aliphatic rings. The normalized spacial score (nSPS) is 11.1. The Hall–Kier alpha value is -2.67. The molecule has 0 fully saturated rings. The average Bonchev–Trinajstić information content (AvgIpc) is 2.66. The van der Waals surface area contributed by atoms with Gasteiger partial charge in [0.25, 0.3) is 0 Å². The molecule has 0 unspecified atom stereocenters. The van der Waals surface area contributed by atoms with Gasteiger partial charge in [0.1, 0.15) is 5.82 Å². The van der Waals surface area contributed by atoms with Gasteiger partial charge in [-0.1, -0.05) is 86.2 Å². The van der Waals surface area contributed by atoms with Crippen molar-refractivity contribution in [3.05, 3.63) is 95.3 Å². The van der Waals surface area contributed by atoms with E-state index < -0.39 is 0 Å². The Kier molecular flexibility index (Phi) is 5.79. The maximum atomic E-state index is 13.1. The minimum absolute atomic E-state index is 0.206. The first kappa shape index (κ1) is 17.2. The van der Waals surface area contributed by atoms with Gasteiger partial charge in [0.2, 0.25) is 0 Å². The summed E-state index contributed by atoms with van der Waals surface area (Å²) < 4.78 is 13.1. The molecule has 0 N–H and O–H groups in total. The molecule has 0 aromatic heterocycles. The van der Waals surface area contributed by atoms with E-state index in [-0.39, 0.29) is 5.82 Å². The molecule has 3 rings (SSSR count). The van der Waals surface area contributed by atoms with Gasteiger partial charge in [-0.2, -0.15) is 0 Å². The van der Waals surface area contributed by atoms with Crippen LogP contribution in [-0.2, 0) is 6.42 Å². The molecule has 0 saturated heterocycles. The Morgan fingerprint density at radius 1 is 0.760 bits per heavy atom. The number of unbranched alkanes of at least 4 members (excludes halogenated alkanes) is 1. The Morgan fingerprint density at radius 3 is 2.20 bits per heavy atom. The molecule has 3 aromatic carbocycles. The third-order valence-electron chi connectivity index (χ3n) is 4.39. The van der Waals surface area contributed by atoms with E-state index in [0.29, 0.717) is 0 Å². The Bertz CT molecular complexity index is 844. The zero-order valence-electron chi connectivity index (χ0n) is 14.6. The number of aryl methyl sites for hydroxylation is 1. The van der Waals surface area contributed by atoms with Crippen molar-refractivity contribution in [2.24, 2.45) is 0 Å². The van der Waals surface area contributed by atoms with E-state index >= 15 is 0 Å². The maximum Gasteiger partial charge on any atom is 0.123 e. The summed E-state index contributed by atoms with van der Waals surface area (Å²) in [6.45, 7) is 2.22. The summed E-state index contributed by atoms with van der Waals surface area (Å²) in [7, 11) is 0. The molecule has 0 radical (unpaired) electrons. The van der Waals surface area contributed by atoms with Gasteiger partial charge in [-0.25, -0.2) is 4.39 Å². The first-order valence-electron chi connectivity index (χ1n) is 8.89. The zero-order chi connectivity index (χ0) is 17.5. The lowest BCUT2D eigenvalue weighted by Gasteiger charge is -2.12. The van der Waals surface area contributed by atoms with Crippen LogP contribution in [0.1, 0.15) is 36.5 Å². The van der Waals surface area contributed by atoms with E-state index in [4.69, 9.17) is 0 Å². The first-order valence-corrected chi connectivity index (χ1v) is 8.89. The Labute approximate surface area is 149 Å². The molecule has 0 atom stereocenters. The highest BCUT2D eigenvalue weighted by Gasteiger charge is 2.07. The smallest absolute Gasteiger partial charge is 0.123 e. The van der Waals surface area contributed by atoms with E-state index in [9.17, 15) is 4.39 Å². The van der Waals surface area contributed by atoms with Crippen molar-refractivity contribution in [3.8, 4) is 11.1 Å². The zero-order valence-corrected chi connectivity index (χ0v) is 14.6. The molecule has 0 heterocycles. The molecule has 0 spiro atoms. The van der Waals surface area contributed by atoms with Crippen LogP contribution in [0.15, 0.2) is 72.8 Å². The molecule has 126 valence electrons. The van der Waals surface area contributed by atoms with E-state index in [1.165, 1.54) is 47.2 Å². The fraction of sp³-hybridized carbons (Fsp3) is 0.167. The molecule has 0 aliphatic heterocycles. The molecule has 3 aromatic rings. The number of rotatable bonds is 6. The molecular weight excluding hydrogens is 307 g/mol. The molecule has 0 aliphatic carbocycles. The average molecular weight is 330 g/mol. The molecular formula is C24H23F. The maximum absolute atomic E-state index is 13.1. The largest absolute Gasteiger partial charge is 0.207 e. The monoisotopic (exact) mass is 330 g/mol. The number of hydrogen-bond donors (Lipinski definition) is 0. The predicted octanol–water partition coefficient (Wildman–Crippen LogP) is 7.01. The molecule has 0 nitrogen and oxygen atoms in total. The fourth-order valence-electron chi connectivity index (χ4n) is 3.02. The molecule has 0 bridgehead atoms. The minimum Gasteiger partial charge on any atom is -0.207 e. The van der Waals surface area contributed by atoms with Crippen LogP contribution in [0.4, 0.5) is 4.39 Å². The summed E-state index contributed by atoms with van der Waals surface area (Å²) in [5, 5.41) is 0. The van der Waals surface area contributed by atoms with E-state index in [1.54, 1.807) is 12.1 Å². The van der Waals surface area contributed by atoms with Crippen LogP contribution in [0.3, 0.4) is 0 Å².